The zero-order chi connectivity index (χ0) is 23.9. The van der Waals surface area contributed by atoms with Crippen LogP contribution in [0.1, 0.15) is 11.1 Å². The molecule has 1 aromatic carbocycles. The maximum atomic E-state index is 12.9. The summed E-state index contributed by atoms with van der Waals surface area (Å²) in [7, 11) is 0. The van der Waals surface area contributed by atoms with Crippen molar-refractivity contribution in [3.63, 3.8) is 0 Å². The van der Waals surface area contributed by atoms with Crippen LogP contribution in [-0.4, -0.2) is 29.6 Å². The van der Waals surface area contributed by atoms with Crippen LogP contribution in [0.25, 0.3) is 39.6 Å². The molecule has 0 saturated carbocycles. The highest BCUT2D eigenvalue weighted by Gasteiger charge is 2.30. The molecule has 0 saturated heterocycles. The highest BCUT2D eigenvalue weighted by molar-refractivity contribution is 5.84. The minimum absolute atomic E-state index is 0.102. The predicted octanol–water partition coefficient (Wildman–Crippen LogP) is 4.64. The Balaban J connectivity index is 1.71. The third-order valence-electron chi connectivity index (χ3n) is 5.31. The Morgan fingerprint density at radius 2 is 1.65 bits per heavy atom. The highest BCUT2D eigenvalue weighted by Crippen LogP contribution is 2.32. The molecule has 0 aliphatic heterocycles. The molecule has 0 aliphatic carbocycles. The molecular weight excluding hydrogens is 445 g/mol. The van der Waals surface area contributed by atoms with Gasteiger partial charge in [-0.05, 0) is 54.1 Å². The van der Waals surface area contributed by atoms with E-state index in [9.17, 15) is 18.3 Å². The number of aliphatic hydroxyl groups is 1. The molecule has 0 unspecified atom stereocenters. The van der Waals surface area contributed by atoms with Gasteiger partial charge < -0.3 is 10.8 Å². The summed E-state index contributed by atoms with van der Waals surface area (Å²) in [6.45, 7) is -0.102. The number of nitrogens with zero attached hydrogens (tertiary/aromatic N) is 5. The summed E-state index contributed by atoms with van der Waals surface area (Å²) < 4.78 is 40.6. The fourth-order valence-corrected chi connectivity index (χ4v) is 3.60. The lowest BCUT2D eigenvalue weighted by Gasteiger charge is -2.11. The van der Waals surface area contributed by atoms with E-state index in [1.165, 1.54) is 6.07 Å². The lowest BCUT2D eigenvalue weighted by molar-refractivity contribution is -0.137. The minimum atomic E-state index is -4.47. The molecule has 170 valence electrons. The van der Waals surface area contributed by atoms with E-state index < -0.39 is 11.7 Å². The number of hydrogen-bond donors (Lipinski definition) is 2. The van der Waals surface area contributed by atoms with Crippen LogP contribution in [0.3, 0.4) is 0 Å². The van der Waals surface area contributed by atoms with Crippen molar-refractivity contribution in [3.8, 4) is 28.5 Å². The average molecular weight is 462 g/mol. The van der Waals surface area contributed by atoms with Gasteiger partial charge in [-0.15, -0.1) is 0 Å². The molecule has 0 bridgehead atoms. The number of fused-ring (bicyclic) bond motifs is 1. The molecule has 4 aromatic heterocycles. The third-order valence-corrected chi connectivity index (χ3v) is 5.31. The number of aromatic nitrogens is 5. The second kappa shape index (κ2) is 8.23. The molecule has 7 nitrogen and oxygen atoms in total. The van der Waals surface area contributed by atoms with Gasteiger partial charge in [-0.25, -0.2) is 15.0 Å². The zero-order valence-corrected chi connectivity index (χ0v) is 17.5. The molecule has 0 spiro atoms. The Labute approximate surface area is 191 Å². The standard InChI is InChI=1S/C24H17F3N6O/c25-24(26,27)15-5-8-18(30-12-15)19-9-10-20-23(31-19)33(16-6-3-14(13-34)4-7-16)22(32-20)17-2-1-11-29-21(17)28/h1-12,34H,13H2,(H2,28,29). The average Bonchev–Trinajstić information content (AvgIpc) is 3.22. The maximum absolute atomic E-state index is 12.9. The van der Waals surface area contributed by atoms with Gasteiger partial charge >= 0.3 is 6.18 Å². The number of imidazole rings is 1. The zero-order valence-electron chi connectivity index (χ0n) is 17.5. The van der Waals surface area contributed by atoms with Crippen LogP contribution >= 0.6 is 0 Å². The normalized spacial score (nSPS) is 11.8. The Bertz CT molecular complexity index is 1480. The van der Waals surface area contributed by atoms with Gasteiger partial charge in [0.2, 0.25) is 0 Å². The highest BCUT2D eigenvalue weighted by atomic mass is 19.4. The molecule has 0 fully saturated rings. The summed E-state index contributed by atoms with van der Waals surface area (Å²) in [6.07, 6.45) is -2.11. The molecular formula is C24H17F3N6O. The number of rotatable bonds is 4. The second-order valence-electron chi connectivity index (χ2n) is 7.50. The van der Waals surface area contributed by atoms with E-state index in [4.69, 9.17) is 10.7 Å². The molecule has 5 aromatic rings. The van der Waals surface area contributed by atoms with Crippen molar-refractivity contribution in [1.29, 1.82) is 0 Å². The largest absolute Gasteiger partial charge is 0.417 e. The van der Waals surface area contributed by atoms with Gasteiger partial charge in [-0.2, -0.15) is 13.2 Å². The fourth-order valence-electron chi connectivity index (χ4n) is 3.60. The SMILES string of the molecule is Nc1ncccc1-c1nc2ccc(-c3ccc(C(F)(F)F)cn3)nc2n1-c1ccc(CO)cc1. The summed E-state index contributed by atoms with van der Waals surface area (Å²) in [4.78, 5) is 17.5. The van der Waals surface area contributed by atoms with Gasteiger partial charge in [0.25, 0.3) is 0 Å². The molecule has 0 aliphatic rings. The van der Waals surface area contributed by atoms with Crippen LogP contribution in [0.2, 0.25) is 0 Å². The molecule has 34 heavy (non-hydrogen) atoms. The summed E-state index contributed by atoms with van der Waals surface area (Å²) in [5.41, 5.74) is 9.03. The van der Waals surface area contributed by atoms with E-state index in [0.717, 1.165) is 17.8 Å². The third kappa shape index (κ3) is 3.84. The van der Waals surface area contributed by atoms with E-state index in [1.54, 1.807) is 47.2 Å². The number of hydrogen-bond acceptors (Lipinski definition) is 6. The number of anilines is 1. The molecule has 10 heteroatoms. The van der Waals surface area contributed by atoms with Gasteiger partial charge in [-0.3, -0.25) is 9.55 Å². The van der Waals surface area contributed by atoms with Crippen LogP contribution in [0.5, 0.6) is 0 Å². The molecule has 0 amide bonds. The number of benzene rings is 1. The van der Waals surface area contributed by atoms with Crippen molar-refractivity contribution in [2.75, 3.05) is 5.73 Å². The van der Waals surface area contributed by atoms with Crippen molar-refractivity contribution in [1.82, 2.24) is 24.5 Å². The number of nitrogen functional groups attached to an aromatic ring is 1. The van der Waals surface area contributed by atoms with Crippen molar-refractivity contribution in [3.05, 3.63) is 84.2 Å². The monoisotopic (exact) mass is 462 g/mol. The van der Waals surface area contributed by atoms with E-state index in [1.807, 2.05) is 12.1 Å². The van der Waals surface area contributed by atoms with Crippen molar-refractivity contribution in [2.24, 2.45) is 0 Å². The van der Waals surface area contributed by atoms with E-state index in [2.05, 4.69) is 15.0 Å². The molecule has 0 atom stereocenters. The smallest absolute Gasteiger partial charge is 0.392 e. The first-order chi connectivity index (χ1) is 16.3. The van der Waals surface area contributed by atoms with Crippen LogP contribution in [0.4, 0.5) is 19.0 Å². The predicted molar refractivity (Wildman–Crippen MR) is 121 cm³/mol. The topological polar surface area (TPSA) is 103 Å². The van der Waals surface area contributed by atoms with Crippen molar-refractivity contribution in [2.45, 2.75) is 12.8 Å². The van der Waals surface area contributed by atoms with Gasteiger partial charge in [0, 0.05) is 18.1 Å². The Hall–Kier alpha value is -4.31. The van der Waals surface area contributed by atoms with E-state index in [-0.39, 0.29) is 12.4 Å². The number of aliphatic hydroxyl groups excluding tert-OH is 1. The van der Waals surface area contributed by atoms with Crippen LogP contribution in [0.15, 0.2) is 73.1 Å². The Morgan fingerprint density at radius 3 is 2.29 bits per heavy atom. The number of pyridine rings is 3. The van der Waals surface area contributed by atoms with Crippen molar-refractivity contribution < 1.29 is 18.3 Å². The summed E-state index contributed by atoms with van der Waals surface area (Å²) in [5, 5.41) is 9.40. The van der Waals surface area contributed by atoms with Crippen LogP contribution < -0.4 is 5.73 Å². The summed E-state index contributed by atoms with van der Waals surface area (Å²) in [5.74, 6) is 0.790. The fraction of sp³-hybridized carbons (Fsp3) is 0.0833. The Morgan fingerprint density at radius 1 is 0.882 bits per heavy atom. The first kappa shape index (κ1) is 21.5. The van der Waals surface area contributed by atoms with E-state index >= 15 is 0 Å². The quantitative estimate of drug-likeness (QED) is 0.404. The van der Waals surface area contributed by atoms with E-state index in [0.29, 0.717) is 39.6 Å². The lowest BCUT2D eigenvalue weighted by Crippen LogP contribution is -2.05. The van der Waals surface area contributed by atoms with Gasteiger partial charge in [0.15, 0.2) is 11.5 Å². The second-order valence-corrected chi connectivity index (χ2v) is 7.50. The molecule has 5 rings (SSSR count). The summed E-state index contributed by atoms with van der Waals surface area (Å²) >= 11 is 0. The summed E-state index contributed by atoms with van der Waals surface area (Å²) in [6, 6.07) is 16.4. The maximum Gasteiger partial charge on any atom is 0.417 e. The van der Waals surface area contributed by atoms with Crippen LogP contribution in [0, 0.1) is 0 Å². The van der Waals surface area contributed by atoms with Gasteiger partial charge in [-0.1, -0.05) is 12.1 Å². The number of halogens is 3. The number of nitrogens with two attached hydrogens (primary N) is 1. The number of alkyl halides is 3. The van der Waals surface area contributed by atoms with Crippen molar-refractivity contribution >= 4 is 17.0 Å². The van der Waals surface area contributed by atoms with Gasteiger partial charge in [0.05, 0.1) is 29.1 Å². The van der Waals surface area contributed by atoms with Gasteiger partial charge in [0.1, 0.15) is 11.3 Å². The Kier molecular flexibility index (Phi) is 5.21. The molecule has 4 heterocycles. The minimum Gasteiger partial charge on any atom is -0.392 e. The lowest BCUT2D eigenvalue weighted by atomic mass is 10.2. The first-order valence-corrected chi connectivity index (χ1v) is 10.2. The first-order valence-electron chi connectivity index (χ1n) is 10.2. The van der Waals surface area contributed by atoms with Crippen LogP contribution in [-0.2, 0) is 12.8 Å². The molecule has 0 radical (unpaired) electrons. The molecule has 3 N–H and O–H groups in total.